The molecule has 2 amide bonds. The molecule has 2 aliphatic heterocycles. The number of carbonyl (C=O) groups excluding carboxylic acids is 2. The molecule has 8 nitrogen and oxygen atoms in total. The molecule has 1 aromatic heterocycles. The Morgan fingerprint density at radius 1 is 0.838 bits per heavy atom. The third-order valence-corrected chi connectivity index (χ3v) is 7.17. The average Bonchev–Trinajstić information content (AvgIpc) is 2.95. The normalized spacial score (nSPS) is 18.4. The van der Waals surface area contributed by atoms with Crippen molar-refractivity contribution in [1.82, 2.24) is 19.8 Å². The standard InChI is InChI=1S/C29H34N6O2/c36-27(34-16-18-35(19-17-34)29-30-13-5-14-31-29)20-23-9-11-26(12-10-23)32-28(37)25-8-4-15-33(22-25)21-24-6-2-1-3-7-24/h1-3,5-7,9-14,25H,4,8,15-22H2,(H,32,37). The fourth-order valence-corrected chi connectivity index (χ4v) is 5.10. The minimum Gasteiger partial charge on any atom is -0.339 e. The maximum Gasteiger partial charge on any atom is 0.228 e. The molecule has 1 atom stereocenters. The third kappa shape index (κ3) is 6.71. The maximum absolute atomic E-state index is 13.0. The zero-order valence-electron chi connectivity index (χ0n) is 21.1. The molecule has 2 fully saturated rings. The highest BCUT2D eigenvalue weighted by Crippen LogP contribution is 2.21. The van der Waals surface area contributed by atoms with Crippen LogP contribution in [0.15, 0.2) is 73.1 Å². The molecule has 0 bridgehead atoms. The first-order valence-corrected chi connectivity index (χ1v) is 13.1. The number of aromatic nitrogens is 2. The first-order chi connectivity index (χ1) is 18.1. The predicted octanol–water partition coefficient (Wildman–Crippen LogP) is 3.22. The van der Waals surface area contributed by atoms with Gasteiger partial charge in [0, 0.05) is 57.3 Å². The SMILES string of the molecule is O=C(Nc1ccc(CC(=O)N2CCN(c3ncccn3)CC2)cc1)C1CCCN(Cc2ccccc2)C1. The number of hydrogen-bond acceptors (Lipinski definition) is 6. The van der Waals surface area contributed by atoms with E-state index in [1.165, 1.54) is 5.56 Å². The summed E-state index contributed by atoms with van der Waals surface area (Å²) in [6.45, 7) is 5.45. The number of rotatable bonds is 7. The van der Waals surface area contributed by atoms with Crippen LogP contribution in [-0.4, -0.2) is 70.9 Å². The van der Waals surface area contributed by atoms with Crippen LogP contribution in [0, 0.1) is 5.92 Å². The smallest absolute Gasteiger partial charge is 0.228 e. The number of piperazine rings is 1. The zero-order valence-corrected chi connectivity index (χ0v) is 21.1. The Morgan fingerprint density at radius 3 is 2.30 bits per heavy atom. The van der Waals surface area contributed by atoms with Gasteiger partial charge in [-0.2, -0.15) is 0 Å². The van der Waals surface area contributed by atoms with E-state index in [9.17, 15) is 9.59 Å². The Morgan fingerprint density at radius 2 is 1.57 bits per heavy atom. The number of nitrogens with zero attached hydrogens (tertiary/aromatic N) is 5. The molecule has 37 heavy (non-hydrogen) atoms. The van der Waals surface area contributed by atoms with Crippen LogP contribution in [0.5, 0.6) is 0 Å². The average molecular weight is 499 g/mol. The Kier molecular flexibility index (Phi) is 8.05. The van der Waals surface area contributed by atoms with Gasteiger partial charge in [-0.3, -0.25) is 14.5 Å². The zero-order chi connectivity index (χ0) is 25.5. The van der Waals surface area contributed by atoms with Crippen molar-refractivity contribution in [2.45, 2.75) is 25.8 Å². The molecule has 0 radical (unpaired) electrons. The van der Waals surface area contributed by atoms with E-state index in [0.29, 0.717) is 25.5 Å². The van der Waals surface area contributed by atoms with Gasteiger partial charge in [-0.05, 0) is 48.7 Å². The van der Waals surface area contributed by atoms with E-state index in [1.807, 2.05) is 35.2 Å². The maximum atomic E-state index is 13.0. The van der Waals surface area contributed by atoms with E-state index in [1.54, 1.807) is 18.5 Å². The lowest BCUT2D eigenvalue weighted by Crippen LogP contribution is -2.49. The van der Waals surface area contributed by atoms with Crippen molar-refractivity contribution in [3.63, 3.8) is 0 Å². The second-order valence-corrected chi connectivity index (χ2v) is 9.84. The number of nitrogens with one attached hydrogen (secondary N) is 1. The van der Waals surface area contributed by atoms with Crippen LogP contribution in [0.25, 0.3) is 0 Å². The molecule has 3 heterocycles. The molecule has 192 valence electrons. The number of likely N-dealkylation sites (tertiary alicyclic amines) is 1. The molecular weight excluding hydrogens is 464 g/mol. The second-order valence-electron chi connectivity index (χ2n) is 9.84. The van der Waals surface area contributed by atoms with Gasteiger partial charge in [-0.1, -0.05) is 42.5 Å². The summed E-state index contributed by atoms with van der Waals surface area (Å²) in [4.78, 5) is 40.8. The van der Waals surface area contributed by atoms with Crippen molar-refractivity contribution in [2.24, 2.45) is 5.92 Å². The lowest BCUT2D eigenvalue weighted by molar-refractivity contribution is -0.130. The highest BCUT2D eigenvalue weighted by Gasteiger charge is 2.26. The number of anilines is 2. The molecule has 0 spiro atoms. The van der Waals surface area contributed by atoms with Crippen LogP contribution >= 0.6 is 0 Å². The first kappa shape index (κ1) is 24.9. The van der Waals surface area contributed by atoms with Crippen LogP contribution in [0.2, 0.25) is 0 Å². The minimum absolute atomic E-state index is 0.0151. The number of carbonyl (C=O) groups is 2. The molecule has 5 rings (SSSR count). The van der Waals surface area contributed by atoms with E-state index < -0.39 is 0 Å². The van der Waals surface area contributed by atoms with Crippen molar-refractivity contribution < 1.29 is 9.59 Å². The Bertz CT molecular complexity index is 1160. The number of amides is 2. The summed E-state index contributed by atoms with van der Waals surface area (Å²) in [6.07, 6.45) is 5.77. The summed E-state index contributed by atoms with van der Waals surface area (Å²) in [7, 11) is 0. The lowest BCUT2D eigenvalue weighted by Gasteiger charge is -2.34. The molecule has 2 aliphatic rings. The monoisotopic (exact) mass is 498 g/mol. The Balaban J connectivity index is 1.08. The molecule has 1 N–H and O–H groups in total. The minimum atomic E-state index is -0.0151. The lowest BCUT2D eigenvalue weighted by atomic mass is 9.96. The number of hydrogen-bond donors (Lipinski definition) is 1. The summed E-state index contributed by atoms with van der Waals surface area (Å²) in [5.74, 6) is 0.885. The molecule has 1 unspecified atom stereocenters. The predicted molar refractivity (Wildman–Crippen MR) is 144 cm³/mol. The molecule has 0 aliphatic carbocycles. The van der Waals surface area contributed by atoms with Crippen molar-refractivity contribution in [1.29, 1.82) is 0 Å². The van der Waals surface area contributed by atoms with Gasteiger partial charge in [0.25, 0.3) is 0 Å². The van der Waals surface area contributed by atoms with Crippen LogP contribution < -0.4 is 10.2 Å². The quantitative estimate of drug-likeness (QED) is 0.539. The topological polar surface area (TPSA) is 81.7 Å². The Hall–Kier alpha value is -3.78. The fraction of sp³-hybridized carbons (Fsp3) is 0.379. The molecule has 3 aromatic rings. The molecule has 2 aromatic carbocycles. The largest absolute Gasteiger partial charge is 0.339 e. The van der Waals surface area contributed by atoms with Gasteiger partial charge in [0.05, 0.1) is 12.3 Å². The first-order valence-electron chi connectivity index (χ1n) is 13.1. The highest BCUT2D eigenvalue weighted by molar-refractivity contribution is 5.92. The van der Waals surface area contributed by atoms with Gasteiger partial charge in [-0.15, -0.1) is 0 Å². The van der Waals surface area contributed by atoms with E-state index in [4.69, 9.17) is 0 Å². The summed E-state index contributed by atoms with van der Waals surface area (Å²) < 4.78 is 0. The van der Waals surface area contributed by atoms with Crippen molar-refractivity contribution in [3.8, 4) is 0 Å². The summed E-state index contributed by atoms with van der Waals surface area (Å²) in [5, 5.41) is 3.08. The van der Waals surface area contributed by atoms with Gasteiger partial charge in [0.2, 0.25) is 17.8 Å². The van der Waals surface area contributed by atoms with Crippen LogP contribution in [0.3, 0.4) is 0 Å². The van der Waals surface area contributed by atoms with Crippen LogP contribution in [-0.2, 0) is 22.6 Å². The molecule has 0 saturated carbocycles. The number of benzene rings is 2. The number of piperidine rings is 1. The Labute approximate surface area is 218 Å². The van der Waals surface area contributed by atoms with E-state index in [0.717, 1.165) is 56.8 Å². The van der Waals surface area contributed by atoms with Crippen LogP contribution in [0.1, 0.15) is 24.0 Å². The van der Waals surface area contributed by atoms with E-state index >= 15 is 0 Å². The van der Waals surface area contributed by atoms with Gasteiger partial charge in [-0.25, -0.2) is 9.97 Å². The third-order valence-electron chi connectivity index (χ3n) is 7.17. The van der Waals surface area contributed by atoms with Crippen molar-refractivity contribution in [2.75, 3.05) is 49.5 Å². The highest BCUT2D eigenvalue weighted by atomic mass is 16.2. The van der Waals surface area contributed by atoms with Crippen LogP contribution in [0.4, 0.5) is 11.6 Å². The van der Waals surface area contributed by atoms with Gasteiger partial charge < -0.3 is 15.1 Å². The van der Waals surface area contributed by atoms with E-state index in [2.05, 4.69) is 49.4 Å². The van der Waals surface area contributed by atoms with Gasteiger partial charge in [0.15, 0.2) is 0 Å². The summed E-state index contributed by atoms with van der Waals surface area (Å²) in [5.41, 5.74) is 3.00. The van der Waals surface area contributed by atoms with Gasteiger partial charge >= 0.3 is 0 Å². The van der Waals surface area contributed by atoms with Gasteiger partial charge in [0.1, 0.15) is 0 Å². The summed E-state index contributed by atoms with van der Waals surface area (Å²) in [6, 6.07) is 19.9. The molecular formula is C29H34N6O2. The summed E-state index contributed by atoms with van der Waals surface area (Å²) >= 11 is 0. The van der Waals surface area contributed by atoms with Crippen molar-refractivity contribution in [3.05, 3.63) is 84.2 Å². The van der Waals surface area contributed by atoms with E-state index in [-0.39, 0.29) is 17.7 Å². The molecule has 2 saturated heterocycles. The van der Waals surface area contributed by atoms with Crippen molar-refractivity contribution >= 4 is 23.5 Å². The fourth-order valence-electron chi connectivity index (χ4n) is 5.10. The molecule has 8 heteroatoms. The second kappa shape index (κ2) is 12.0.